The molecule has 6 nitrogen and oxygen atoms in total. The van der Waals surface area contributed by atoms with Crippen molar-refractivity contribution in [1.82, 2.24) is 19.7 Å². The lowest BCUT2D eigenvalue weighted by atomic mass is 10.1. The minimum atomic E-state index is -0.212. The van der Waals surface area contributed by atoms with E-state index in [0.717, 1.165) is 30.4 Å². The van der Waals surface area contributed by atoms with Gasteiger partial charge in [-0.1, -0.05) is 54.2 Å². The van der Waals surface area contributed by atoms with E-state index in [1.54, 1.807) is 36.0 Å². The van der Waals surface area contributed by atoms with Gasteiger partial charge in [-0.2, -0.15) is 0 Å². The number of carbonyl (C=O) groups is 2. The van der Waals surface area contributed by atoms with E-state index < -0.39 is 0 Å². The zero-order valence-corrected chi connectivity index (χ0v) is 16.6. The van der Waals surface area contributed by atoms with Crippen LogP contribution in [0, 0.1) is 0 Å². The molecule has 1 aliphatic heterocycles. The number of rotatable bonds is 7. The topological polar surface area (TPSA) is 68.1 Å². The van der Waals surface area contributed by atoms with Crippen molar-refractivity contribution < 1.29 is 9.59 Å². The van der Waals surface area contributed by atoms with Crippen LogP contribution in [0.3, 0.4) is 0 Å². The van der Waals surface area contributed by atoms with Gasteiger partial charge in [-0.25, -0.2) is 0 Å². The van der Waals surface area contributed by atoms with E-state index in [2.05, 4.69) is 26.9 Å². The Bertz CT molecular complexity index is 1040. The highest BCUT2D eigenvalue weighted by Crippen LogP contribution is 2.40. The summed E-state index contributed by atoms with van der Waals surface area (Å²) in [6.45, 7) is 1.09. The van der Waals surface area contributed by atoms with E-state index in [4.69, 9.17) is 0 Å². The fourth-order valence-corrected chi connectivity index (χ4v) is 4.50. The van der Waals surface area contributed by atoms with Gasteiger partial charge in [0.15, 0.2) is 5.16 Å². The van der Waals surface area contributed by atoms with Crippen LogP contribution < -0.4 is 0 Å². The van der Waals surface area contributed by atoms with Gasteiger partial charge in [0.2, 0.25) is 0 Å². The Morgan fingerprint density at radius 3 is 2.21 bits per heavy atom. The number of fused-ring (bicyclic) bond motifs is 1. The Balaban J connectivity index is 1.29. The molecule has 7 heteroatoms. The van der Waals surface area contributed by atoms with Crippen LogP contribution in [0.25, 0.3) is 0 Å². The third kappa shape index (κ3) is 3.46. The van der Waals surface area contributed by atoms with E-state index in [0.29, 0.717) is 29.3 Å². The van der Waals surface area contributed by atoms with Gasteiger partial charge >= 0.3 is 0 Å². The van der Waals surface area contributed by atoms with Crippen molar-refractivity contribution in [1.29, 1.82) is 0 Å². The maximum absolute atomic E-state index is 12.5. The normalized spacial score (nSPS) is 15.8. The van der Waals surface area contributed by atoms with Crippen LogP contribution >= 0.6 is 11.8 Å². The second kappa shape index (κ2) is 7.48. The third-order valence-corrected chi connectivity index (χ3v) is 6.24. The molecule has 0 unspecified atom stereocenters. The van der Waals surface area contributed by atoms with Gasteiger partial charge in [-0.15, -0.1) is 10.2 Å². The zero-order chi connectivity index (χ0) is 19.8. The van der Waals surface area contributed by atoms with Crippen molar-refractivity contribution in [2.75, 3.05) is 12.3 Å². The summed E-state index contributed by atoms with van der Waals surface area (Å²) >= 11 is 1.55. The molecular weight excluding hydrogens is 384 g/mol. The van der Waals surface area contributed by atoms with Crippen LogP contribution in [-0.4, -0.2) is 43.8 Å². The average molecular weight is 404 g/mol. The number of benzene rings is 2. The van der Waals surface area contributed by atoms with Crippen molar-refractivity contribution >= 4 is 23.6 Å². The molecule has 0 atom stereocenters. The molecular formula is C22H20N4O2S. The molecule has 2 aromatic carbocycles. The van der Waals surface area contributed by atoms with E-state index in [1.165, 1.54) is 10.5 Å². The molecule has 1 saturated carbocycles. The zero-order valence-electron chi connectivity index (χ0n) is 15.8. The monoisotopic (exact) mass is 404 g/mol. The highest BCUT2D eigenvalue weighted by molar-refractivity contribution is 7.99. The van der Waals surface area contributed by atoms with Gasteiger partial charge in [0.25, 0.3) is 11.8 Å². The first kappa shape index (κ1) is 18.1. The van der Waals surface area contributed by atoms with E-state index in [9.17, 15) is 9.59 Å². The molecule has 1 aromatic heterocycles. The fraction of sp³-hybridized carbons (Fsp3) is 0.273. The van der Waals surface area contributed by atoms with Gasteiger partial charge in [0, 0.05) is 18.2 Å². The number of thioether (sulfide) groups is 1. The van der Waals surface area contributed by atoms with Crippen molar-refractivity contribution in [3.05, 3.63) is 77.1 Å². The van der Waals surface area contributed by atoms with Gasteiger partial charge in [0.1, 0.15) is 5.82 Å². The van der Waals surface area contributed by atoms with Gasteiger partial charge < -0.3 is 4.57 Å². The van der Waals surface area contributed by atoms with E-state index in [1.807, 2.05) is 18.2 Å². The summed E-state index contributed by atoms with van der Waals surface area (Å²) in [6.07, 6.45) is 2.32. The minimum Gasteiger partial charge on any atom is -0.301 e. The second-order valence-electron chi connectivity index (χ2n) is 7.34. The van der Waals surface area contributed by atoms with Crippen LogP contribution in [0.4, 0.5) is 0 Å². The Labute approximate surface area is 172 Å². The number of amides is 2. The Kier molecular flexibility index (Phi) is 4.67. The highest BCUT2D eigenvalue weighted by atomic mass is 32.2. The van der Waals surface area contributed by atoms with Crippen LogP contribution in [0.15, 0.2) is 59.8 Å². The molecule has 0 spiro atoms. The molecule has 0 radical (unpaired) electrons. The smallest absolute Gasteiger partial charge is 0.261 e. The first-order chi connectivity index (χ1) is 14.2. The number of aromatic nitrogens is 3. The van der Waals surface area contributed by atoms with Crippen LogP contribution in [0.1, 0.15) is 50.9 Å². The number of hydrogen-bond donors (Lipinski definition) is 0. The summed E-state index contributed by atoms with van der Waals surface area (Å²) in [7, 11) is 0. The molecule has 5 rings (SSSR count). The molecule has 0 saturated heterocycles. The SMILES string of the molecule is O=C1c2ccccc2C(=O)N1CCSc1nnc(C2CC2)n1Cc1ccccc1. The molecule has 3 aromatic rings. The lowest BCUT2D eigenvalue weighted by molar-refractivity contribution is 0.0664. The van der Waals surface area contributed by atoms with Crippen molar-refractivity contribution in [2.45, 2.75) is 30.5 Å². The van der Waals surface area contributed by atoms with Crippen molar-refractivity contribution in [3.8, 4) is 0 Å². The maximum atomic E-state index is 12.5. The fourth-order valence-electron chi connectivity index (χ4n) is 3.64. The molecule has 0 bridgehead atoms. The summed E-state index contributed by atoms with van der Waals surface area (Å²) in [5.74, 6) is 1.70. The molecule has 29 heavy (non-hydrogen) atoms. The van der Waals surface area contributed by atoms with Crippen LogP contribution in [0.5, 0.6) is 0 Å². The van der Waals surface area contributed by atoms with Crippen LogP contribution in [-0.2, 0) is 6.54 Å². The molecule has 1 fully saturated rings. The molecule has 1 aliphatic carbocycles. The Morgan fingerprint density at radius 1 is 0.897 bits per heavy atom. The third-order valence-electron chi connectivity index (χ3n) is 5.30. The van der Waals surface area contributed by atoms with Crippen molar-refractivity contribution in [3.63, 3.8) is 0 Å². The summed E-state index contributed by atoms with van der Waals surface area (Å²) in [5, 5.41) is 9.67. The van der Waals surface area contributed by atoms with Gasteiger partial charge in [-0.05, 0) is 30.5 Å². The Morgan fingerprint density at radius 2 is 1.55 bits per heavy atom. The van der Waals surface area contributed by atoms with Gasteiger partial charge in [0.05, 0.1) is 17.7 Å². The minimum absolute atomic E-state index is 0.212. The molecule has 2 amide bonds. The van der Waals surface area contributed by atoms with E-state index >= 15 is 0 Å². The van der Waals surface area contributed by atoms with Gasteiger partial charge in [-0.3, -0.25) is 14.5 Å². The molecule has 2 heterocycles. The van der Waals surface area contributed by atoms with Crippen LogP contribution in [0.2, 0.25) is 0 Å². The number of hydrogen-bond acceptors (Lipinski definition) is 5. The Hall–Kier alpha value is -2.93. The van der Waals surface area contributed by atoms with E-state index in [-0.39, 0.29) is 11.8 Å². The maximum Gasteiger partial charge on any atom is 0.261 e. The lowest BCUT2D eigenvalue weighted by Gasteiger charge is -2.14. The standard InChI is InChI=1S/C22H20N4O2S/c27-20-17-8-4-5-9-18(17)21(28)25(20)12-13-29-22-24-23-19(16-10-11-16)26(22)14-15-6-2-1-3-7-15/h1-9,16H,10-14H2. The first-order valence-electron chi connectivity index (χ1n) is 9.77. The predicted octanol–water partition coefficient (Wildman–Crippen LogP) is 3.59. The quantitative estimate of drug-likeness (QED) is 0.445. The predicted molar refractivity (Wildman–Crippen MR) is 110 cm³/mol. The number of nitrogens with zero attached hydrogens (tertiary/aromatic N) is 4. The molecule has 0 N–H and O–H groups in total. The second-order valence-corrected chi connectivity index (χ2v) is 8.40. The average Bonchev–Trinajstić information content (AvgIpc) is 3.48. The molecule has 146 valence electrons. The summed E-state index contributed by atoms with van der Waals surface area (Å²) < 4.78 is 2.18. The first-order valence-corrected chi connectivity index (χ1v) is 10.8. The summed E-state index contributed by atoms with van der Waals surface area (Å²) in [6, 6.07) is 17.3. The van der Waals surface area contributed by atoms with Crippen molar-refractivity contribution in [2.24, 2.45) is 0 Å². The largest absolute Gasteiger partial charge is 0.301 e. The lowest BCUT2D eigenvalue weighted by Crippen LogP contribution is -2.31. The number of imide groups is 1. The summed E-state index contributed by atoms with van der Waals surface area (Å²) in [5.41, 5.74) is 2.19. The number of carbonyl (C=O) groups excluding carboxylic acids is 2. The summed E-state index contributed by atoms with van der Waals surface area (Å²) in [4.78, 5) is 26.4. The highest BCUT2D eigenvalue weighted by Gasteiger charge is 2.35. The molecule has 2 aliphatic rings.